The summed E-state index contributed by atoms with van der Waals surface area (Å²) in [4.78, 5) is 16.1. The van der Waals surface area contributed by atoms with Crippen LogP contribution in [0.5, 0.6) is 0 Å². The molecule has 1 saturated heterocycles. The summed E-state index contributed by atoms with van der Waals surface area (Å²) in [6, 6.07) is 10.8. The largest absolute Gasteiger partial charge is 0.365 e. The summed E-state index contributed by atoms with van der Waals surface area (Å²) >= 11 is 0. The zero-order chi connectivity index (χ0) is 17.9. The zero-order valence-corrected chi connectivity index (χ0v) is 14.7. The van der Waals surface area contributed by atoms with E-state index in [1.165, 1.54) is 4.31 Å². The lowest BCUT2D eigenvalue weighted by Gasteiger charge is -2.18. The Balaban J connectivity index is 1.77. The maximum absolute atomic E-state index is 12.1. The highest BCUT2D eigenvalue weighted by atomic mass is 32.2. The summed E-state index contributed by atoms with van der Waals surface area (Å²) in [6.07, 6.45) is 2.26. The smallest absolute Gasteiger partial charge is 0.254 e. The molecule has 0 spiro atoms. The topological polar surface area (TPSA) is 91.4 Å². The molecule has 2 N–H and O–H groups in total. The molecular formula is C17H20N4O3S. The van der Waals surface area contributed by atoms with Gasteiger partial charge in [-0.05, 0) is 36.2 Å². The minimum atomic E-state index is -3.20. The first-order chi connectivity index (χ1) is 12.0. The van der Waals surface area contributed by atoms with E-state index in [4.69, 9.17) is 0 Å². The third-order valence-electron chi connectivity index (χ3n) is 4.04. The van der Waals surface area contributed by atoms with Crippen molar-refractivity contribution in [1.29, 1.82) is 0 Å². The van der Waals surface area contributed by atoms with Crippen LogP contribution in [0.4, 0.5) is 11.5 Å². The number of hydrogen-bond donors (Lipinski definition) is 2. The second-order valence-corrected chi connectivity index (χ2v) is 7.76. The van der Waals surface area contributed by atoms with Gasteiger partial charge in [0.05, 0.1) is 17.0 Å². The van der Waals surface area contributed by atoms with Gasteiger partial charge in [-0.1, -0.05) is 12.1 Å². The second-order valence-electron chi connectivity index (χ2n) is 5.74. The van der Waals surface area contributed by atoms with E-state index in [-0.39, 0.29) is 11.7 Å². The normalized spacial score (nSPS) is 15.8. The lowest BCUT2D eigenvalue weighted by Crippen LogP contribution is -2.25. The molecule has 0 radical (unpaired) electrons. The fourth-order valence-electron chi connectivity index (χ4n) is 2.80. The Kier molecular flexibility index (Phi) is 4.89. The van der Waals surface area contributed by atoms with Crippen molar-refractivity contribution in [3.8, 4) is 0 Å². The highest BCUT2D eigenvalue weighted by Crippen LogP contribution is 2.25. The third-order valence-corrected chi connectivity index (χ3v) is 5.91. The van der Waals surface area contributed by atoms with Crippen molar-refractivity contribution in [3.05, 3.63) is 53.7 Å². The molecule has 2 aromatic rings. The van der Waals surface area contributed by atoms with E-state index in [1.807, 2.05) is 18.2 Å². The highest BCUT2D eigenvalue weighted by molar-refractivity contribution is 7.93. The number of anilines is 2. The van der Waals surface area contributed by atoms with Gasteiger partial charge in [-0.15, -0.1) is 0 Å². The van der Waals surface area contributed by atoms with Gasteiger partial charge in [0.25, 0.3) is 5.91 Å². The van der Waals surface area contributed by atoms with Crippen molar-refractivity contribution in [1.82, 2.24) is 10.3 Å². The van der Waals surface area contributed by atoms with Crippen LogP contribution in [0, 0.1) is 0 Å². The SMILES string of the molecule is CNC(=O)c1cccnc1NCc1cccc(N2CCCS2(=O)=O)c1. The summed E-state index contributed by atoms with van der Waals surface area (Å²) in [5.41, 5.74) is 2.04. The molecule has 132 valence electrons. The second kappa shape index (κ2) is 7.10. The van der Waals surface area contributed by atoms with E-state index >= 15 is 0 Å². The summed E-state index contributed by atoms with van der Waals surface area (Å²) in [5, 5.41) is 5.73. The molecule has 7 nitrogen and oxygen atoms in total. The monoisotopic (exact) mass is 360 g/mol. The zero-order valence-electron chi connectivity index (χ0n) is 13.9. The number of rotatable bonds is 5. The van der Waals surface area contributed by atoms with Gasteiger partial charge >= 0.3 is 0 Å². The first-order valence-corrected chi connectivity index (χ1v) is 9.62. The van der Waals surface area contributed by atoms with E-state index < -0.39 is 10.0 Å². The van der Waals surface area contributed by atoms with Crippen molar-refractivity contribution in [3.63, 3.8) is 0 Å². The number of nitrogens with zero attached hydrogens (tertiary/aromatic N) is 2. The maximum Gasteiger partial charge on any atom is 0.254 e. The molecule has 0 aliphatic carbocycles. The Hall–Kier alpha value is -2.61. The number of carbonyl (C=O) groups is 1. The minimum absolute atomic E-state index is 0.193. The minimum Gasteiger partial charge on any atom is -0.365 e. The molecule has 1 fully saturated rings. The Morgan fingerprint density at radius 3 is 2.84 bits per heavy atom. The third kappa shape index (κ3) is 3.74. The van der Waals surface area contributed by atoms with Gasteiger partial charge in [0.2, 0.25) is 10.0 Å². The van der Waals surface area contributed by atoms with Gasteiger partial charge in [-0.2, -0.15) is 0 Å². The molecule has 25 heavy (non-hydrogen) atoms. The predicted molar refractivity (Wildman–Crippen MR) is 97.1 cm³/mol. The quantitative estimate of drug-likeness (QED) is 0.845. The number of pyridine rings is 1. The Labute approximate surface area is 147 Å². The average Bonchev–Trinajstić information content (AvgIpc) is 2.99. The Morgan fingerprint density at radius 1 is 1.28 bits per heavy atom. The van der Waals surface area contributed by atoms with Gasteiger partial charge < -0.3 is 10.6 Å². The first kappa shape index (κ1) is 17.2. The van der Waals surface area contributed by atoms with E-state index in [0.717, 1.165) is 5.56 Å². The number of hydrogen-bond acceptors (Lipinski definition) is 5. The Bertz CT molecular complexity index is 883. The molecule has 0 unspecified atom stereocenters. The summed E-state index contributed by atoms with van der Waals surface area (Å²) in [6.45, 7) is 0.947. The van der Waals surface area contributed by atoms with Crippen molar-refractivity contribution < 1.29 is 13.2 Å². The molecule has 0 saturated carbocycles. The van der Waals surface area contributed by atoms with Crippen molar-refractivity contribution in [2.75, 3.05) is 29.0 Å². The number of aromatic nitrogens is 1. The first-order valence-electron chi connectivity index (χ1n) is 8.01. The van der Waals surface area contributed by atoms with Gasteiger partial charge in [0.1, 0.15) is 5.82 Å². The number of nitrogens with one attached hydrogen (secondary N) is 2. The molecule has 1 aliphatic heterocycles. The molecule has 3 rings (SSSR count). The van der Waals surface area contributed by atoms with Crippen LogP contribution in [-0.2, 0) is 16.6 Å². The lowest BCUT2D eigenvalue weighted by molar-refractivity contribution is 0.0963. The Morgan fingerprint density at radius 2 is 2.12 bits per heavy atom. The fourth-order valence-corrected chi connectivity index (χ4v) is 4.36. The van der Waals surface area contributed by atoms with Crippen LogP contribution in [0.2, 0.25) is 0 Å². The molecule has 0 bridgehead atoms. The maximum atomic E-state index is 12.1. The number of benzene rings is 1. The van der Waals surface area contributed by atoms with E-state index in [1.54, 1.807) is 31.4 Å². The van der Waals surface area contributed by atoms with Crippen LogP contribution < -0.4 is 14.9 Å². The molecule has 1 aliphatic rings. The van der Waals surface area contributed by atoms with Crippen molar-refractivity contribution in [2.45, 2.75) is 13.0 Å². The van der Waals surface area contributed by atoms with Gasteiger partial charge in [-0.3, -0.25) is 9.10 Å². The van der Waals surface area contributed by atoms with E-state index in [2.05, 4.69) is 15.6 Å². The summed E-state index contributed by atoms with van der Waals surface area (Å²) < 4.78 is 25.6. The molecule has 2 heterocycles. The average molecular weight is 360 g/mol. The van der Waals surface area contributed by atoms with E-state index in [0.29, 0.717) is 36.6 Å². The van der Waals surface area contributed by atoms with Gasteiger partial charge in [0, 0.05) is 26.3 Å². The highest BCUT2D eigenvalue weighted by Gasteiger charge is 2.28. The van der Waals surface area contributed by atoms with Crippen molar-refractivity contribution in [2.24, 2.45) is 0 Å². The summed E-state index contributed by atoms with van der Waals surface area (Å²) in [7, 11) is -1.63. The standard InChI is InChI=1S/C17H20N4O3S/c1-18-17(22)15-7-3-8-19-16(15)20-12-13-5-2-6-14(11-13)21-9-4-10-25(21,23)24/h2-3,5-8,11H,4,9-10,12H2,1H3,(H,18,22)(H,19,20). The van der Waals surface area contributed by atoms with Gasteiger partial charge in [-0.25, -0.2) is 13.4 Å². The number of sulfonamides is 1. The molecule has 1 aromatic carbocycles. The van der Waals surface area contributed by atoms with Crippen LogP contribution in [-0.4, -0.2) is 38.7 Å². The van der Waals surface area contributed by atoms with Crippen LogP contribution in [0.25, 0.3) is 0 Å². The van der Waals surface area contributed by atoms with Crippen LogP contribution >= 0.6 is 0 Å². The predicted octanol–water partition coefficient (Wildman–Crippen LogP) is 1.59. The number of carbonyl (C=O) groups excluding carboxylic acids is 1. The molecule has 0 atom stereocenters. The molecule has 1 aromatic heterocycles. The van der Waals surface area contributed by atoms with Crippen LogP contribution in [0.1, 0.15) is 22.3 Å². The summed E-state index contributed by atoms with van der Waals surface area (Å²) in [5.74, 6) is 0.465. The van der Waals surface area contributed by atoms with Gasteiger partial charge in [0.15, 0.2) is 0 Å². The molecule has 1 amide bonds. The lowest BCUT2D eigenvalue weighted by atomic mass is 10.2. The van der Waals surface area contributed by atoms with Crippen LogP contribution in [0.15, 0.2) is 42.6 Å². The molecular weight excluding hydrogens is 340 g/mol. The van der Waals surface area contributed by atoms with Crippen LogP contribution in [0.3, 0.4) is 0 Å². The van der Waals surface area contributed by atoms with Crippen molar-refractivity contribution >= 4 is 27.4 Å². The number of amides is 1. The fraction of sp³-hybridized carbons (Fsp3) is 0.294. The van der Waals surface area contributed by atoms with E-state index in [9.17, 15) is 13.2 Å². The molecule has 8 heteroatoms.